The fraction of sp³-hybridized carbons (Fsp3) is 0.185. The molecular weight excluding hydrogens is 433 g/mol. The molecule has 2 aromatic heterocycles. The molecule has 3 aromatic carbocycles. The lowest BCUT2D eigenvalue weighted by Crippen LogP contribution is -2.41. The van der Waals surface area contributed by atoms with Gasteiger partial charge in [0.1, 0.15) is 17.1 Å². The Morgan fingerprint density at radius 1 is 0.853 bits per heavy atom. The maximum atomic E-state index is 13.7. The molecule has 0 saturated heterocycles. The second kappa shape index (κ2) is 8.67. The van der Waals surface area contributed by atoms with Crippen molar-refractivity contribution < 1.29 is 9.13 Å². The van der Waals surface area contributed by atoms with Crippen LogP contribution in [-0.4, -0.2) is 20.8 Å². The number of fused-ring (bicyclic) bond motifs is 3. The predicted octanol–water partition coefficient (Wildman–Crippen LogP) is 4.09. The summed E-state index contributed by atoms with van der Waals surface area (Å²) in [4.78, 5) is 27.3. The van der Waals surface area contributed by atoms with E-state index in [9.17, 15) is 14.0 Å². The highest BCUT2D eigenvalue weighted by atomic mass is 19.1. The van der Waals surface area contributed by atoms with Gasteiger partial charge in [0.25, 0.3) is 5.56 Å². The molecule has 7 heteroatoms. The first-order valence-corrected chi connectivity index (χ1v) is 11.1. The quantitative estimate of drug-likeness (QED) is 0.386. The number of aromatic nitrogens is 3. The van der Waals surface area contributed by atoms with Crippen LogP contribution in [0.1, 0.15) is 11.1 Å². The second-order valence-corrected chi connectivity index (χ2v) is 8.33. The van der Waals surface area contributed by atoms with Crippen LogP contribution in [0.4, 0.5) is 4.39 Å². The standard InChI is InChI=1S/C27H24FN3O3/c1-29-23-13-12-21(34-2)16-22(23)24-25(29)26(32)30(15-14-18-6-4-3-5-7-18)27(33)31(24)17-19-8-10-20(28)11-9-19/h3-13,16H,14-15,17H2,1-2H3. The smallest absolute Gasteiger partial charge is 0.331 e. The Morgan fingerprint density at radius 3 is 2.29 bits per heavy atom. The highest BCUT2D eigenvalue weighted by molar-refractivity contribution is 6.06. The van der Waals surface area contributed by atoms with Gasteiger partial charge in [-0.3, -0.25) is 13.9 Å². The molecule has 34 heavy (non-hydrogen) atoms. The number of hydrogen-bond donors (Lipinski definition) is 0. The molecule has 0 amide bonds. The van der Waals surface area contributed by atoms with Crippen LogP contribution in [-0.2, 0) is 26.6 Å². The molecule has 0 aliphatic heterocycles. The Balaban J connectivity index is 1.77. The normalized spacial score (nSPS) is 11.4. The molecular formula is C27H24FN3O3. The van der Waals surface area contributed by atoms with Crippen LogP contribution in [0.3, 0.4) is 0 Å². The zero-order valence-corrected chi connectivity index (χ0v) is 19.0. The summed E-state index contributed by atoms with van der Waals surface area (Å²) in [6.45, 7) is 0.462. The first kappa shape index (κ1) is 21.7. The van der Waals surface area contributed by atoms with Crippen molar-refractivity contribution in [3.63, 3.8) is 0 Å². The van der Waals surface area contributed by atoms with E-state index in [4.69, 9.17) is 4.74 Å². The van der Waals surface area contributed by atoms with Crippen LogP contribution >= 0.6 is 0 Å². The summed E-state index contributed by atoms with van der Waals surface area (Å²) < 4.78 is 23.6. The monoisotopic (exact) mass is 457 g/mol. The summed E-state index contributed by atoms with van der Waals surface area (Å²) >= 11 is 0. The van der Waals surface area contributed by atoms with Gasteiger partial charge >= 0.3 is 5.69 Å². The van der Waals surface area contributed by atoms with Crippen molar-refractivity contribution in [1.29, 1.82) is 0 Å². The largest absolute Gasteiger partial charge is 0.497 e. The van der Waals surface area contributed by atoms with E-state index in [0.717, 1.165) is 22.0 Å². The number of nitrogens with zero attached hydrogens (tertiary/aromatic N) is 3. The zero-order chi connectivity index (χ0) is 23.8. The number of ether oxygens (including phenoxy) is 1. The van der Waals surface area contributed by atoms with E-state index in [2.05, 4.69) is 0 Å². The minimum atomic E-state index is -0.395. The second-order valence-electron chi connectivity index (χ2n) is 8.33. The van der Waals surface area contributed by atoms with Crippen LogP contribution in [0.15, 0.2) is 82.4 Å². The van der Waals surface area contributed by atoms with Crippen molar-refractivity contribution in [2.45, 2.75) is 19.5 Å². The summed E-state index contributed by atoms with van der Waals surface area (Å²) in [6, 6.07) is 21.4. The van der Waals surface area contributed by atoms with Gasteiger partial charge in [-0.25, -0.2) is 9.18 Å². The third-order valence-electron chi connectivity index (χ3n) is 6.28. The third-order valence-corrected chi connectivity index (χ3v) is 6.28. The minimum absolute atomic E-state index is 0.206. The van der Waals surface area contributed by atoms with Crippen molar-refractivity contribution in [1.82, 2.24) is 13.7 Å². The lowest BCUT2D eigenvalue weighted by molar-refractivity contribution is 0.415. The summed E-state index contributed by atoms with van der Waals surface area (Å²) in [5.41, 5.74) is 2.89. The Bertz CT molecular complexity index is 1610. The minimum Gasteiger partial charge on any atom is -0.497 e. The molecule has 0 radical (unpaired) electrons. The SMILES string of the molecule is COc1ccc2c(c1)c1c(c(=O)n(CCc3ccccc3)c(=O)n1Cc1ccc(F)cc1)n2C. The fourth-order valence-corrected chi connectivity index (χ4v) is 4.51. The van der Waals surface area contributed by atoms with Crippen molar-refractivity contribution in [3.05, 3.63) is 111 Å². The average molecular weight is 458 g/mol. The fourth-order valence-electron chi connectivity index (χ4n) is 4.51. The Hall–Kier alpha value is -4.13. The molecule has 0 bridgehead atoms. The van der Waals surface area contributed by atoms with E-state index in [-0.39, 0.29) is 24.5 Å². The molecule has 0 spiro atoms. The highest BCUT2D eigenvalue weighted by Crippen LogP contribution is 2.29. The topological polar surface area (TPSA) is 58.2 Å². The number of halogens is 1. The maximum absolute atomic E-state index is 13.7. The number of rotatable bonds is 6. The first-order valence-electron chi connectivity index (χ1n) is 11.1. The Kier molecular flexibility index (Phi) is 5.53. The Morgan fingerprint density at radius 2 is 1.59 bits per heavy atom. The average Bonchev–Trinajstić information content (AvgIpc) is 3.15. The zero-order valence-electron chi connectivity index (χ0n) is 19.0. The molecule has 0 N–H and O–H groups in total. The predicted molar refractivity (Wildman–Crippen MR) is 131 cm³/mol. The van der Waals surface area contributed by atoms with Gasteiger partial charge in [0.05, 0.1) is 24.7 Å². The van der Waals surface area contributed by atoms with Crippen LogP contribution in [0.5, 0.6) is 5.75 Å². The third kappa shape index (κ3) is 3.69. The summed E-state index contributed by atoms with van der Waals surface area (Å²) in [6.07, 6.45) is 0.551. The molecule has 5 aromatic rings. The number of hydrogen-bond acceptors (Lipinski definition) is 3. The van der Waals surface area contributed by atoms with Crippen molar-refractivity contribution in [3.8, 4) is 5.75 Å². The molecule has 2 heterocycles. The van der Waals surface area contributed by atoms with E-state index in [1.165, 1.54) is 16.7 Å². The number of benzene rings is 3. The van der Waals surface area contributed by atoms with E-state index < -0.39 is 5.69 Å². The lowest BCUT2D eigenvalue weighted by atomic mass is 10.1. The van der Waals surface area contributed by atoms with Gasteiger partial charge in [-0.1, -0.05) is 42.5 Å². The summed E-state index contributed by atoms with van der Waals surface area (Å²) in [5.74, 6) is 0.290. The molecule has 0 saturated carbocycles. The van der Waals surface area contributed by atoms with Gasteiger partial charge in [0.15, 0.2) is 0 Å². The van der Waals surface area contributed by atoms with Gasteiger partial charge in [-0.05, 0) is 47.9 Å². The molecule has 0 unspecified atom stereocenters. The van der Waals surface area contributed by atoms with Gasteiger partial charge < -0.3 is 9.30 Å². The van der Waals surface area contributed by atoms with Crippen LogP contribution in [0, 0.1) is 5.82 Å². The molecule has 0 atom stereocenters. The molecule has 6 nitrogen and oxygen atoms in total. The van der Waals surface area contributed by atoms with Gasteiger partial charge in [0.2, 0.25) is 0 Å². The van der Waals surface area contributed by atoms with Crippen LogP contribution in [0.2, 0.25) is 0 Å². The first-order chi connectivity index (χ1) is 16.5. The van der Waals surface area contributed by atoms with Crippen LogP contribution < -0.4 is 16.0 Å². The summed E-state index contributed by atoms with van der Waals surface area (Å²) in [7, 11) is 3.40. The van der Waals surface area contributed by atoms with Gasteiger partial charge in [-0.15, -0.1) is 0 Å². The maximum Gasteiger partial charge on any atom is 0.331 e. The highest BCUT2D eigenvalue weighted by Gasteiger charge is 2.21. The van der Waals surface area contributed by atoms with E-state index >= 15 is 0 Å². The molecule has 0 aliphatic carbocycles. The molecule has 0 aliphatic rings. The van der Waals surface area contributed by atoms with E-state index in [1.807, 2.05) is 60.1 Å². The van der Waals surface area contributed by atoms with Crippen molar-refractivity contribution in [2.24, 2.45) is 7.05 Å². The molecule has 172 valence electrons. The molecule has 5 rings (SSSR count). The number of methoxy groups -OCH3 is 1. The summed E-state index contributed by atoms with van der Waals surface area (Å²) in [5, 5.41) is 0.753. The van der Waals surface area contributed by atoms with Crippen LogP contribution in [0.25, 0.3) is 21.9 Å². The molecule has 0 fully saturated rings. The Labute approximate surface area is 195 Å². The van der Waals surface area contributed by atoms with E-state index in [1.54, 1.807) is 23.8 Å². The van der Waals surface area contributed by atoms with Gasteiger partial charge in [0, 0.05) is 19.0 Å². The van der Waals surface area contributed by atoms with E-state index in [0.29, 0.717) is 23.2 Å². The number of aryl methyl sites for hydroxylation is 2. The van der Waals surface area contributed by atoms with Gasteiger partial charge in [-0.2, -0.15) is 0 Å². The lowest BCUT2D eigenvalue weighted by Gasteiger charge is -2.13. The van der Waals surface area contributed by atoms with Crippen molar-refractivity contribution >= 4 is 21.9 Å². The van der Waals surface area contributed by atoms with Crippen molar-refractivity contribution in [2.75, 3.05) is 7.11 Å².